The maximum atomic E-state index is 13.1. The van der Waals surface area contributed by atoms with E-state index in [-0.39, 0.29) is 11.8 Å². The van der Waals surface area contributed by atoms with E-state index in [1.807, 2.05) is 18.2 Å². The second-order valence-electron chi connectivity index (χ2n) is 9.12. The van der Waals surface area contributed by atoms with Crippen molar-refractivity contribution in [1.82, 2.24) is 4.31 Å². The summed E-state index contributed by atoms with van der Waals surface area (Å²) in [4.78, 5) is 15.6. The number of fused-ring (bicyclic) bond motifs is 2. The van der Waals surface area contributed by atoms with Gasteiger partial charge in [-0.15, -0.1) is 0 Å². The van der Waals surface area contributed by atoms with Crippen LogP contribution in [0, 0.1) is 5.92 Å². The molecule has 0 unspecified atom stereocenters. The van der Waals surface area contributed by atoms with Crippen LogP contribution in [0.2, 0.25) is 0 Å². The maximum absolute atomic E-state index is 13.1. The molecule has 32 heavy (non-hydrogen) atoms. The number of sulfonamides is 1. The molecule has 2 aromatic rings. The molecule has 0 atom stereocenters. The van der Waals surface area contributed by atoms with Crippen molar-refractivity contribution in [2.24, 2.45) is 5.92 Å². The Balaban J connectivity index is 1.22. The number of carbonyl (C=O) groups excluding carboxylic acids is 1. The summed E-state index contributed by atoms with van der Waals surface area (Å²) in [5, 5.41) is 3.07. The van der Waals surface area contributed by atoms with E-state index >= 15 is 0 Å². The number of nitrogens with zero attached hydrogens (tertiary/aromatic N) is 2. The van der Waals surface area contributed by atoms with Crippen molar-refractivity contribution in [2.45, 2.75) is 50.3 Å². The van der Waals surface area contributed by atoms with E-state index < -0.39 is 10.0 Å². The summed E-state index contributed by atoms with van der Waals surface area (Å²) in [6.45, 7) is 4.89. The van der Waals surface area contributed by atoms with Gasteiger partial charge < -0.3 is 10.2 Å². The Labute approximate surface area is 190 Å². The largest absolute Gasteiger partial charge is 0.371 e. The minimum Gasteiger partial charge on any atom is -0.371 e. The Morgan fingerprint density at radius 1 is 0.969 bits per heavy atom. The van der Waals surface area contributed by atoms with Crippen molar-refractivity contribution in [2.75, 3.05) is 36.4 Å². The van der Waals surface area contributed by atoms with Gasteiger partial charge in [0.1, 0.15) is 0 Å². The lowest BCUT2D eigenvalue weighted by molar-refractivity contribution is -0.120. The highest BCUT2D eigenvalue weighted by Crippen LogP contribution is 2.32. The van der Waals surface area contributed by atoms with Gasteiger partial charge in [-0.3, -0.25) is 4.79 Å². The van der Waals surface area contributed by atoms with Crippen LogP contribution in [0.4, 0.5) is 11.4 Å². The highest BCUT2D eigenvalue weighted by Gasteiger charge is 2.33. The number of amides is 1. The highest BCUT2D eigenvalue weighted by molar-refractivity contribution is 7.89. The van der Waals surface area contributed by atoms with Gasteiger partial charge in [0.15, 0.2) is 0 Å². The lowest BCUT2D eigenvalue weighted by Crippen LogP contribution is -2.41. The summed E-state index contributed by atoms with van der Waals surface area (Å²) in [5.74, 6) is -0.183. The molecule has 0 radical (unpaired) electrons. The van der Waals surface area contributed by atoms with Crippen LogP contribution < -0.4 is 10.2 Å². The molecule has 1 saturated heterocycles. The molecule has 0 aromatic heterocycles. The van der Waals surface area contributed by atoms with Crippen LogP contribution in [-0.4, -0.2) is 44.8 Å². The van der Waals surface area contributed by atoms with Crippen LogP contribution in [0.15, 0.2) is 41.3 Å². The fourth-order valence-electron chi connectivity index (χ4n) is 5.31. The molecule has 5 rings (SSSR count). The molecule has 1 N–H and O–H groups in total. The zero-order chi connectivity index (χ0) is 22.3. The van der Waals surface area contributed by atoms with Gasteiger partial charge in [-0.25, -0.2) is 8.42 Å². The first kappa shape index (κ1) is 21.5. The molecule has 0 spiro atoms. The molecule has 0 saturated carbocycles. The Morgan fingerprint density at radius 3 is 2.50 bits per heavy atom. The zero-order valence-corrected chi connectivity index (χ0v) is 19.5. The Kier molecular flexibility index (Phi) is 5.72. The first-order valence-electron chi connectivity index (χ1n) is 11.8. The molecule has 2 heterocycles. The Bertz CT molecular complexity index is 1140. The smallest absolute Gasteiger partial charge is 0.243 e. The van der Waals surface area contributed by atoms with Gasteiger partial charge in [-0.1, -0.05) is 12.1 Å². The molecule has 1 fully saturated rings. The molecule has 0 bridgehead atoms. The van der Waals surface area contributed by atoms with E-state index in [0.717, 1.165) is 50.0 Å². The number of aryl methyl sites for hydroxylation is 2. The van der Waals surface area contributed by atoms with Crippen molar-refractivity contribution in [3.8, 4) is 0 Å². The number of benzene rings is 2. The summed E-state index contributed by atoms with van der Waals surface area (Å²) < 4.78 is 27.8. The van der Waals surface area contributed by atoms with Gasteiger partial charge in [0.05, 0.1) is 4.90 Å². The predicted molar refractivity (Wildman–Crippen MR) is 127 cm³/mol. The van der Waals surface area contributed by atoms with Crippen molar-refractivity contribution >= 4 is 27.3 Å². The molecule has 1 amide bonds. The molecule has 2 aliphatic heterocycles. The molecule has 1 aliphatic carbocycles. The summed E-state index contributed by atoms with van der Waals surface area (Å²) in [5.41, 5.74) is 5.79. The van der Waals surface area contributed by atoms with Gasteiger partial charge in [0.2, 0.25) is 15.9 Å². The average molecular weight is 454 g/mol. The van der Waals surface area contributed by atoms with Crippen molar-refractivity contribution in [3.63, 3.8) is 0 Å². The normalized spacial score (nSPS) is 19.1. The third-order valence-electron chi connectivity index (χ3n) is 7.26. The molecule has 3 aliphatic rings. The maximum Gasteiger partial charge on any atom is 0.243 e. The van der Waals surface area contributed by atoms with E-state index in [4.69, 9.17) is 0 Å². The third kappa shape index (κ3) is 3.92. The van der Waals surface area contributed by atoms with Crippen LogP contribution in [0.5, 0.6) is 0 Å². The second-order valence-corrected chi connectivity index (χ2v) is 11.1. The number of carbonyl (C=O) groups is 1. The topological polar surface area (TPSA) is 69.7 Å². The van der Waals surface area contributed by atoms with Gasteiger partial charge in [-0.05, 0) is 86.4 Å². The van der Waals surface area contributed by atoms with Gasteiger partial charge in [0.25, 0.3) is 0 Å². The quantitative estimate of drug-likeness (QED) is 0.751. The van der Waals surface area contributed by atoms with Crippen LogP contribution in [0.1, 0.15) is 42.9 Å². The fraction of sp³-hybridized carbons (Fsp3) is 0.480. The number of likely N-dealkylation sites (N-methyl/N-ethyl adjacent to an activating group) is 1. The molecular formula is C25H31N3O3S. The number of hydrogen-bond acceptors (Lipinski definition) is 4. The van der Waals surface area contributed by atoms with Crippen LogP contribution in [0.25, 0.3) is 0 Å². The lowest BCUT2D eigenvalue weighted by Gasteiger charge is -2.30. The number of rotatable bonds is 5. The summed E-state index contributed by atoms with van der Waals surface area (Å²) >= 11 is 0. The van der Waals surface area contributed by atoms with Crippen molar-refractivity contribution in [3.05, 3.63) is 53.1 Å². The van der Waals surface area contributed by atoms with E-state index in [0.29, 0.717) is 30.8 Å². The summed E-state index contributed by atoms with van der Waals surface area (Å²) in [6, 6.07) is 11.7. The highest BCUT2D eigenvalue weighted by atomic mass is 32.2. The average Bonchev–Trinajstić information content (AvgIpc) is 3.45. The van der Waals surface area contributed by atoms with Crippen molar-refractivity contribution in [1.29, 1.82) is 0 Å². The first-order chi connectivity index (χ1) is 15.5. The molecule has 6 nitrogen and oxygen atoms in total. The van der Waals surface area contributed by atoms with E-state index in [1.165, 1.54) is 16.8 Å². The van der Waals surface area contributed by atoms with E-state index in [9.17, 15) is 13.2 Å². The fourth-order valence-corrected chi connectivity index (χ4v) is 6.83. The van der Waals surface area contributed by atoms with Gasteiger partial charge >= 0.3 is 0 Å². The van der Waals surface area contributed by atoms with Gasteiger partial charge in [-0.2, -0.15) is 4.31 Å². The van der Waals surface area contributed by atoms with Crippen LogP contribution in [0.3, 0.4) is 0 Å². The Morgan fingerprint density at radius 2 is 1.72 bits per heavy atom. The van der Waals surface area contributed by atoms with E-state index in [1.54, 1.807) is 10.4 Å². The monoisotopic (exact) mass is 453 g/mol. The first-order valence-corrected chi connectivity index (χ1v) is 13.2. The van der Waals surface area contributed by atoms with Gasteiger partial charge in [0, 0.05) is 43.5 Å². The van der Waals surface area contributed by atoms with Crippen LogP contribution in [-0.2, 0) is 34.1 Å². The van der Waals surface area contributed by atoms with Crippen LogP contribution >= 0.6 is 0 Å². The standard InChI is InChI=1S/C25H31N3O3S/c1-2-27-13-10-19-6-8-22(17-24(19)27)26-25(29)20-11-14-28(15-12-20)32(30,31)23-9-7-18-4-3-5-21(18)16-23/h6-9,16-17,20H,2-5,10-15H2,1H3,(H,26,29). The predicted octanol–water partition coefficient (Wildman–Crippen LogP) is 3.60. The number of nitrogens with one attached hydrogen (secondary N) is 1. The van der Waals surface area contributed by atoms with E-state index in [2.05, 4.69) is 29.3 Å². The minimum atomic E-state index is -3.51. The Hall–Kier alpha value is -2.38. The molecular weight excluding hydrogens is 422 g/mol. The molecule has 7 heteroatoms. The third-order valence-corrected chi connectivity index (χ3v) is 9.15. The number of hydrogen-bond donors (Lipinski definition) is 1. The minimum absolute atomic E-state index is 0.0134. The summed E-state index contributed by atoms with van der Waals surface area (Å²) in [7, 11) is -3.51. The zero-order valence-electron chi connectivity index (χ0n) is 18.6. The summed E-state index contributed by atoms with van der Waals surface area (Å²) in [6.07, 6.45) is 5.23. The second kappa shape index (κ2) is 8.52. The SMILES string of the molecule is CCN1CCc2ccc(NC(=O)C3CCN(S(=O)(=O)c4ccc5c(c4)CCC5)CC3)cc21. The molecule has 2 aromatic carbocycles. The van der Waals surface area contributed by atoms with Crippen molar-refractivity contribution < 1.29 is 13.2 Å². The number of anilines is 2. The number of piperidine rings is 1. The molecule has 170 valence electrons. The lowest BCUT2D eigenvalue weighted by atomic mass is 9.97.